The van der Waals surface area contributed by atoms with Gasteiger partial charge in [-0.1, -0.05) is 29.8 Å². The lowest BCUT2D eigenvalue weighted by Gasteiger charge is -2.18. The number of nitrogens with zero attached hydrogens (tertiary/aromatic N) is 1. The highest BCUT2D eigenvalue weighted by atomic mass is 16.5. The largest absolute Gasteiger partial charge is 0.491 e. The van der Waals surface area contributed by atoms with Gasteiger partial charge in [0.15, 0.2) is 0 Å². The molecule has 0 aromatic heterocycles. The lowest BCUT2D eigenvalue weighted by molar-refractivity contribution is -0.129. The third kappa shape index (κ3) is 5.92. The summed E-state index contributed by atoms with van der Waals surface area (Å²) in [5.41, 5.74) is 2.73. The second kappa shape index (κ2) is 9.04. The number of hydrogen-bond acceptors (Lipinski definition) is 3. The minimum Gasteiger partial charge on any atom is -0.491 e. The van der Waals surface area contributed by atoms with Gasteiger partial charge < -0.3 is 15.0 Å². The summed E-state index contributed by atoms with van der Waals surface area (Å²) in [7, 11) is 1.73. The van der Waals surface area contributed by atoms with Crippen LogP contribution in [-0.2, 0) is 11.3 Å². The molecule has 2 rings (SSSR count). The van der Waals surface area contributed by atoms with Crippen molar-refractivity contribution in [1.82, 2.24) is 10.2 Å². The fourth-order valence-corrected chi connectivity index (χ4v) is 2.41. The van der Waals surface area contributed by atoms with Crippen molar-refractivity contribution in [3.63, 3.8) is 0 Å². The quantitative estimate of drug-likeness (QED) is 0.831. The molecule has 26 heavy (non-hydrogen) atoms. The van der Waals surface area contributed by atoms with E-state index in [1.54, 1.807) is 36.2 Å². The van der Waals surface area contributed by atoms with E-state index >= 15 is 0 Å². The number of aryl methyl sites for hydroxylation is 1. The average Bonchev–Trinajstić information content (AvgIpc) is 2.61. The molecule has 0 unspecified atom stereocenters. The van der Waals surface area contributed by atoms with Crippen LogP contribution in [0, 0.1) is 6.92 Å². The Morgan fingerprint density at radius 1 is 1.04 bits per heavy atom. The molecule has 0 spiro atoms. The van der Waals surface area contributed by atoms with Crippen molar-refractivity contribution in [2.24, 2.45) is 0 Å². The highest BCUT2D eigenvalue weighted by Gasteiger charge is 2.12. The van der Waals surface area contributed by atoms with E-state index in [2.05, 4.69) is 5.32 Å². The molecular weight excluding hydrogens is 328 g/mol. The van der Waals surface area contributed by atoms with Crippen molar-refractivity contribution in [2.45, 2.75) is 33.4 Å². The Balaban J connectivity index is 1.83. The van der Waals surface area contributed by atoms with E-state index in [0.29, 0.717) is 17.9 Å². The van der Waals surface area contributed by atoms with E-state index in [1.165, 1.54) is 5.56 Å². The Kier molecular flexibility index (Phi) is 6.78. The van der Waals surface area contributed by atoms with Gasteiger partial charge in [0.2, 0.25) is 5.91 Å². The monoisotopic (exact) mass is 354 g/mol. The number of hydrogen-bond donors (Lipinski definition) is 1. The van der Waals surface area contributed by atoms with Gasteiger partial charge in [-0.25, -0.2) is 0 Å². The van der Waals surface area contributed by atoms with Gasteiger partial charge in [-0.15, -0.1) is 0 Å². The Morgan fingerprint density at radius 2 is 1.65 bits per heavy atom. The van der Waals surface area contributed by atoms with Gasteiger partial charge in [0.25, 0.3) is 5.91 Å². The number of amides is 2. The molecule has 2 amide bonds. The van der Waals surface area contributed by atoms with Gasteiger partial charge >= 0.3 is 0 Å². The number of likely N-dealkylation sites (N-methyl/N-ethyl adjacent to an activating group) is 1. The zero-order valence-electron chi connectivity index (χ0n) is 15.8. The van der Waals surface area contributed by atoms with E-state index in [9.17, 15) is 9.59 Å². The number of ether oxygens (including phenoxy) is 1. The highest BCUT2D eigenvalue weighted by Crippen LogP contribution is 2.13. The maximum Gasteiger partial charge on any atom is 0.251 e. The molecule has 0 heterocycles. The molecule has 0 aliphatic heterocycles. The number of nitrogens with one attached hydrogen (secondary N) is 1. The third-order valence-corrected chi connectivity index (χ3v) is 3.85. The molecule has 5 heteroatoms. The Labute approximate surface area is 155 Å². The second-order valence-electron chi connectivity index (χ2n) is 6.61. The minimum absolute atomic E-state index is 0.0363. The van der Waals surface area contributed by atoms with Crippen molar-refractivity contribution in [2.75, 3.05) is 13.6 Å². The number of carbonyl (C=O) groups excluding carboxylic acids is 2. The fourth-order valence-electron chi connectivity index (χ4n) is 2.41. The van der Waals surface area contributed by atoms with Crippen LogP contribution < -0.4 is 10.1 Å². The molecular formula is C21H26N2O3. The van der Waals surface area contributed by atoms with E-state index in [1.807, 2.05) is 45.0 Å². The first-order valence-corrected chi connectivity index (χ1v) is 8.69. The molecule has 0 aliphatic rings. The van der Waals surface area contributed by atoms with Crippen LogP contribution in [0.15, 0.2) is 48.5 Å². The maximum atomic E-state index is 12.2. The summed E-state index contributed by atoms with van der Waals surface area (Å²) in [6, 6.07) is 14.9. The number of rotatable bonds is 7. The van der Waals surface area contributed by atoms with Gasteiger partial charge in [0.05, 0.1) is 12.6 Å². The molecule has 2 aromatic carbocycles. The molecule has 0 bridgehead atoms. The van der Waals surface area contributed by atoms with Crippen LogP contribution in [-0.4, -0.2) is 36.4 Å². The first-order valence-electron chi connectivity index (χ1n) is 8.69. The van der Waals surface area contributed by atoms with Crippen molar-refractivity contribution in [3.8, 4) is 5.75 Å². The summed E-state index contributed by atoms with van der Waals surface area (Å²) >= 11 is 0. The first kappa shape index (κ1) is 19.5. The summed E-state index contributed by atoms with van der Waals surface area (Å²) in [6.45, 7) is 6.38. The zero-order chi connectivity index (χ0) is 19.1. The second-order valence-corrected chi connectivity index (χ2v) is 6.61. The summed E-state index contributed by atoms with van der Waals surface area (Å²) in [5.74, 6) is 0.294. The molecule has 1 N–H and O–H groups in total. The smallest absolute Gasteiger partial charge is 0.251 e. The van der Waals surface area contributed by atoms with E-state index in [4.69, 9.17) is 4.74 Å². The number of carbonyl (C=O) groups is 2. The van der Waals surface area contributed by atoms with Gasteiger partial charge in [-0.2, -0.15) is 0 Å². The number of benzene rings is 2. The van der Waals surface area contributed by atoms with E-state index in [-0.39, 0.29) is 24.5 Å². The van der Waals surface area contributed by atoms with Gasteiger partial charge in [0, 0.05) is 19.2 Å². The summed E-state index contributed by atoms with van der Waals surface area (Å²) in [6.07, 6.45) is 0.0800. The summed E-state index contributed by atoms with van der Waals surface area (Å²) < 4.78 is 5.55. The summed E-state index contributed by atoms with van der Waals surface area (Å²) in [5, 5.41) is 2.66. The lowest BCUT2D eigenvalue weighted by Crippen LogP contribution is -2.37. The standard InChI is InChI=1S/C21H26N2O3/c1-15(2)26-19-11-9-18(10-12-19)21(25)22-13-20(24)23(4)14-17-7-5-16(3)6-8-17/h5-12,15H,13-14H2,1-4H3,(H,22,25). The predicted octanol–water partition coefficient (Wildman–Crippen LogP) is 3.17. The molecule has 5 nitrogen and oxygen atoms in total. The predicted molar refractivity (Wildman–Crippen MR) is 102 cm³/mol. The van der Waals surface area contributed by atoms with Crippen LogP contribution in [0.1, 0.15) is 35.3 Å². The Hall–Kier alpha value is -2.82. The van der Waals surface area contributed by atoms with Gasteiger partial charge in [-0.3, -0.25) is 9.59 Å². The van der Waals surface area contributed by atoms with Crippen LogP contribution in [0.25, 0.3) is 0 Å². The summed E-state index contributed by atoms with van der Waals surface area (Å²) in [4.78, 5) is 26.0. The molecule has 0 fully saturated rings. The van der Waals surface area contributed by atoms with Crippen LogP contribution in [0.2, 0.25) is 0 Å². The molecule has 0 radical (unpaired) electrons. The topological polar surface area (TPSA) is 58.6 Å². The Morgan fingerprint density at radius 3 is 2.23 bits per heavy atom. The molecule has 138 valence electrons. The minimum atomic E-state index is -0.279. The van der Waals surface area contributed by atoms with Crippen molar-refractivity contribution >= 4 is 11.8 Å². The van der Waals surface area contributed by atoms with Crippen LogP contribution in [0.5, 0.6) is 5.75 Å². The fraction of sp³-hybridized carbons (Fsp3) is 0.333. The normalized spacial score (nSPS) is 10.5. The van der Waals surface area contributed by atoms with E-state index < -0.39 is 0 Å². The first-order chi connectivity index (χ1) is 12.3. The van der Waals surface area contributed by atoms with E-state index in [0.717, 1.165) is 5.56 Å². The highest BCUT2D eigenvalue weighted by molar-refractivity contribution is 5.96. The molecule has 0 aliphatic carbocycles. The molecule has 0 saturated carbocycles. The lowest BCUT2D eigenvalue weighted by atomic mass is 10.1. The SMILES string of the molecule is Cc1ccc(CN(C)C(=O)CNC(=O)c2ccc(OC(C)C)cc2)cc1. The molecule has 0 atom stereocenters. The molecule has 0 saturated heterocycles. The van der Waals surface area contributed by atoms with Crippen LogP contribution in [0.4, 0.5) is 0 Å². The van der Waals surface area contributed by atoms with Gasteiger partial charge in [-0.05, 0) is 50.6 Å². The van der Waals surface area contributed by atoms with Crippen LogP contribution in [0.3, 0.4) is 0 Å². The Bertz CT molecular complexity index is 737. The third-order valence-electron chi connectivity index (χ3n) is 3.85. The van der Waals surface area contributed by atoms with Gasteiger partial charge in [0.1, 0.15) is 5.75 Å². The van der Waals surface area contributed by atoms with Crippen molar-refractivity contribution < 1.29 is 14.3 Å². The zero-order valence-corrected chi connectivity index (χ0v) is 15.8. The molecule has 2 aromatic rings. The van der Waals surface area contributed by atoms with Crippen LogP contribution >= 0.6 is 0 Å². The maximum absolute atomic E-state index is 12.2. The van der Waals surface area contributed by atoms with Crippen molar-refractivity contribution in [3.05, 3.63) is 65.2 Å². The average molecular weight is 354 g/mol. The van der Waals surface area contributed by atoms with Crippen molar-refractivity contribution in [1.29, 1.82) is 0 Å².